The maximum atomic E-state index is 9.68. The van der Waals surface area contributed by atoms with Crippen molar-refractivity contribution in [3.8, 4) is 11.5 Å². The van der Waals surface area contributed by atoms with Crippen molar-refractivity contribution < 1.29 is 9.84 Å². The molecule has 0 saturated carbocycles. The van der Waals surface area contributed by atoms with Gasteiger partial charge in [0.05, 0.1) is 7.11 Å². The molecule has 0 fully saturated rings. The third-order valence-electron chi connectivity index (χ3n) is 2.86. The Labute approximate surface area is 121 Å². The molecule has 0 heterocycles. The van der Waals surface area contributed by atoms with Gasteiger partial charge in [-0.2, -0.15) is 0 Å². The summed E-state index contributed by atoms with van der Waals surface area (Å²) in [6, 6.07) is 13.2. The van der Waals surface area contributed by atoms with E-state index in [1.807, 2.05) is 36.4 Å². The first kappa shape index (κ1) is 13.9. The normalized spacial score (nSPS) is 10.4. The van der Waals surface area contributed by atoms with Crippen LogP contribution in [0.5, 0.6) is 11.5 Å². The lowest BCUT2D eigenvalue weighted by molar-refractivity contribution is 0.407. The second kappa shape index (κ2) is 6.59. The van der Waals surface area contributed by atoms with Gasteiger partial charge < -0.3 is 15.2 Å². The predicted octanol–water partition coefficient (Wildman–Crippen LogP) is 3.45. The van der Waals surface area contributed by atoms with Gasteiger partial charge in [0.1, 0.15) is 11.5 Å². The van der Waals surface area contributed by atoms with Crippen LogP contribution in [0.2, 0.25) is 0 Å². The van der Waals surface area contributed by atoms with E-state index in [-0.39, 0.29) is 0 Å². The summed E-state index contributed by atoms with van der Waals surface area (Å²) >= 11 is 3.45. The van der Waals surface area contributed by atoms with E-state index in [1.165, 1.54) is 0 Å². The maximum absolute atomic E-state index is 9.68. The number of hydrogen-bond donors (Lipinski definition) is 2. The molecule has 2 aromatic rings. The lowest BCUT2D eigenvalue weighted by Gasteiger charge is -2.11. The maximum Gasteiger partial charge on any atom is 0.123 e. The quantitative estimate of drug-likeness (QED) is 0.886. The van der Waals surface area contributed by atoms with Gasteiger partial charge in [0.25, 0.3) is 0 Å². The Kier molecular flexibility index (Phi) is 4.82. The minimum atomic E-state index is 0.316. The van der Waals surface area contributed by atoms with E-state index >= 15 is 0 Å². The van der Waals surface area contributed by atoms with Gasteiger partial charge in [-0.1, -0.05) is 34.1 Å². The molecule has 0 aliphatic carbocycles. The molecule has 100 valence electrons. The first-order chi connectivity index (χ1) is 9.20. The molecule has 0 aliphatic rings. The monoisotopic (exact) mass is 321 g/mol. The van der Waals surface area contributed by atoms with Crippen molar-refractivity contribution in [1.82, 2.24) is 5.32 Å². The van der Waals surface area contributed by atoms with Gasteiger partial charge >= 0.3 is 0 Å². The number of hydrogen-bond acceptors (Lipinski definition) is 3. The molecule has 2 rings (SSSR count). The standard InChI is InChI=1S/C15H16BrNO2/c1-19-15-7-6-13(16)8-12(15)10-17-9-11-4-2-3-5-14(11)18/h2-8,17-18H,9-10H2,1H3. The van der Waals surface area contributed by atoms with Crippen molar-refractivity contribution in [2.24, 2.45) is 0 Å². The SMILES string of the molecule is COc1ccc(Br)cc1CNCc1ccccc1O. The van der Waals surface area contributed by atoms with Gasteiger partial charge in [0.15, 0.2) is 0 Å². The number of nitrogens with one attached hydrogen (secondary N) is 1. The first-order valence-electron chi connectivity index (χ1n) is 6.00. The third kappa shape index (κ3) is 3.72. The number of benzene rings is 2. The first-order valence-corrected chi connectivity index (χ1v) is 6.80. The largest absolute Gasteiger partial charge is 0.508 e. The second-order valence-corrected chi connectivity index (χ2v) is 5.10. The molecule has 2 aromatic carbocycles. The highest BCUT2D eigenvalue weighted by atomic mass is 79.9. The summed E-state index contributed by atoms with van der Waals surface area (Å²) in [6.45, 7) is 1.29. The van der Waals surface area contributed by atoms with Crippen LogP contribution in [-0.2, 0) is 13.1 Å². The molecule has 0 amide bonds. The van der Waals surface area contributed by atoms with Crippen LogP contribution in [0.4, 0.5) is 0 Å². The molecule has 19 heavy (non-hydrogen) atoms. The summed E-state index contributed by atoms with van der Waals surface area (Å²) in [7, 11) is 1.66. The van der Waals surface area contributed by atoms with Crippen LogP contribution in [0, 0.1) is 0 Å². The average Bonchev–Trinajstić information content (AvgIpc) is 2.41. The second-order valence-electron chi connectivity index (χ2n) is 4.19. The van der Waals surface area contributed by atoms with Gasteiger partial charge in [-0.3, -0.25) is 0 Å². The fourth-order valence-corrected chi connectivity index (χ4v) is 2.29. The number of para-hydroxylation sites is 1. The smallest absolute Gasteiger partial charge is 0.123 e. The van der Waals surface area contributed by atoms with Crippen LogP contribution in [0.15, 0.2) is 46.9 Å². The van der Waals surface area contributed by atoms with E-state index < -0.39 is 0 Å². The van der Waals surface area contributed by atoms with E-state index in [1.54, 1.807) is 13.2 Å². The van der Waals surface area contributed by atoms with Crippen molar-refractivity contribution in [2.45, 2.75) is 13.1 Å². The highest BCUT2D eigenvalue weighted by Crippen LogP contribution is 2.23. The lowest BCUT2D eigenvalue weighted by atomic mass is 10.1. The molecule has 0 atom stereocenters. The van der Waals surface area contributed by atoms with Crippen LogP contribution in [0.25, 0.3) is 0 Å². The highest BCUT2D eigenvalue weighted by molar-refractivity contribution is 9.10. The van der Waals surface area contributed by atoms with Crippen molar-refractivity contribution in [2.75, 3.05) is 7.11 Å². The average molecular weight is 322 g/mol. The van der Waals surface area contributed by atoms with E-state index in [4.69, 9.17) is 4.74 Å². The zero-order valence-electron chi connectivity index (χ0n) is 10.7. The number of phenolic OH excluding ortho intramolecular Hbond substituents is 1. The molecule has 2 N–H and O–H groups in total. The topological polar surface area (TPSA) is 41.5 Å². The molecule has 0 aliphatic heterocycles. The fourth-order valence-electron chi connectivity index (χ4n) is 1.88. The number of phenols is 1. The summed E-state index contributed by atoms with van der Waals surface area (Å²) in [6.07, 6.45) is 0. The summed E-state index contributed by atoms with van der Waals surface area (Å²) in [5.41, 5.74) is 1.96. The summed E-state index contributed by atoms with van der Waals surface area (Å²) < 4.78 is 6.34. The van der Waals surface area contributed by atoms with Crippen LogP contribution >= 0.6 is 15.9 Å². The molecule has 3 nitrogen and oxygen atoms in total. The van der Waals surface area contributed by atoms with Crippen LogP contribution < -0.4 is 10.1 Å². The Morgan fingerprint density at radius 1 is 1.11 bits per heavy atom. The van der Waals surface area contributed by atoms with Crippen molar-refractivity contribution >= 4 is 15.9 Å². The molecule has 0 radical (unpaired) electrons. The molecule has 0 spiro atoms. The van der Waals surface area contributed by atoms with Gasteiger partial charge in [-0.05, 0) is 24.3 Å². The summed E-state index contributed by atoms with van der Waals surface area (Å²) in [5.74, 6) is 1.17. The minimum absolute atomic E-state index is 0.316. The molecular formula is C15H16BrNO2. The Bertz CT molecular complexity index is 558. The molecule has 0 unspecified atom stereocenters. The van der Waals surface area contributed by atoms with Crippen LogP contribution in [-0.4, -0.2) is 12.2 Å². The summed E-state index contributed by atoms with van der Waals surface area (Å²) in [4.78, 5) is 0. The van der Waals surface area contributed by atoms with Gasteiger partial charge in [-0.25, -0.2) is 0 Å². The Balaban J connectivity index is 2.00. The Hall–Kier alpha value is -1.52. The fraction of sp³-hybridized carbons (Fsp3) is 0.200. The van der Waals surface area contributed by atoms with E-state index in [2.05, 4.69) is 21.2 Å². The Morgan fingerprint density at radius 2 is 1.84 bits per heavy atom. The third-order valence-corrected chi connectivity index (χ3v) is 3.36. The van der Waals surface area contributed by atoms with Gasteiger partial charge in [0.2, 0.25) is 0 Å². The van der Waals surface area contributed by atoms with Crippen molar-refractivity contribution in [3.05, 3.63) is 58.1 Å². The predicted molar refractivity (Wildman–Crippen MR) is 79.3 cm³/mol. The Morgan fingerprint density at radius 3 is 2.58 bits per heavy atom. The molecular weight excluding hydrogens is 306 g/mol. The number of ether oxygens (including phenoxy) is 1. The van der Waals surface area contributed by atoms with E-state index in [0.717, 1.165) is 21.3 Å². The number of halogens is 1. The lowest BCUT2D eigenvalue weighted by Crippen LogP contribution is -2.13. The summed E-state index contributed by atoms with van der Waals surface area (Å²) in [5, 5.41) is 13.0. The zero-order valence-corrected chi connectivity index (χ0v) is 12.3. The molecule has 0 bridgehead atoms. The minimum Gasteiger partial charge on any atom is -0.508 e. The van der Waals surface area contributed by atoms with Crippen molar-refractivity contribution in [1.29, 1.82) is 0 Å². The van der Waals surface area contributed by atoms with E-state index in [0.29, 0.717) is 18.8 Å². The van der Waals surface area contributed by atoms with Crippen molar-refractivity contribution in [3.63, 3.8) is 0 Å². The highest BCUT2D eigenvalue weighted by Gasteiger charge is 2.04. The number of methoxy groups -OCH3 is 1. The van der Waals surface area contributed by atoms with Gasteiger partial charge in [-0.15, -0.1) is 0 Å². The molecule has 0 saturated heterocycles. The zero-order chi connectivity index (χ0) is 13.7. The molecule has 0 aromatic heterocycles. The number of rotatable bonds is 5. The van der Waals surface area contributed by atoms with E-state index in [9.17, 15) is 5.11 Å². The van der Waals surface area contributed by atoms with Crippen LogP contribution in [0.1, 0.15) is 11.1 Å². The molecule has 4 heteroatoms. The van der Waals surface area contributed by atoms with Crippen LogP contribution in [0.3, 0.4) is 0 Å². The number of aromatic hydroxyl groups is 1. The van der Waals surface area contributed by atoms with Gasteiger partial charge in [0, 0.05) is 28.7 Å².